The first-order valence-corrected chi connectivity index (χ1v) is 7.52. The molecule has 106 valence electrons. The Balaban J connectivity index is 1.85. The molecule has 0 radical (unpaired) electrons. The summed E-state index contributed by atoms with van der Waals surface area (Å²) >= 11 is 1.44. The summed E-state index contributed by atoms with van der Waals surface area (Å²) in [7, 11) is 0. The number of nitrogens with zero attached hydrogens (tertiary/aromatic N) is 4. The molecule has 0 spiro atoms. The average Bonchev–Trinajstić information content (AvgIpc) is 3.20. The van der Waals surface area contributed by atoms with Crippen molar-refractivity contribution in [2.45, 2.75) is 13.3 Å². The fraction of sp³-hybridized carbons (Fsp3) is 0.200. The molecular formula is C15H14N4OS. The largest absolute Gasteiger partial charge is 0.283 e. The standard InChI is InChI=1S/C15H14N4OS/c1-2-19(14(20)12-7-9-16-10-8-12)15-18-17-13(21-15)11-5-3-4-6-11/h3-5,7-10H,2,6H2,1H3. The van der Waals surface area contributed by atoms with Crippen molar-refractivity contribution in [1.82, 2.24) is 15.2 Å². The number of hydrogen-bond acceptors (Lipinski definition) is 5. The summed E-state index contributed by atoms with van der Waals surface area (Å²) in [6.07, 6.45) is 10.2. The Morgan fingerprint density at radius 1 is 1.33 bits per heavy atom. The van der Waals surface area contributed by atoms with E-state index in [1.165, 1.54) is 11.3 Å². The van der Waals surface area contributed by atoms with Crippen LogP contribution >= 0.6 is 11.3 Å². The van der Waals surface area contributed by atoms with Gasteiger partial charge in [0.1, 0.15) is 5.01 Å². The minimum atomic E-state index is -0.0823. The molecule has 0 saturated heterocycles. The average molecular weight is 298 g/mol. The second-order valence-electron chi connectivity index (χ2n) is 4.50. The van der Waals surface area contributed by atoms with Crippen LogP contribution in [-0.2, 0) is 0 Å². The Bertz CT molecular complexity index is 705. The first-order valence-electron chi connectivity index (χ1n) is 6.71. The number of allylic oxidation sites excluding steroid dienone is 4. The lowest BCUT2D eigenvalue weighted by Crippen LogP contribution is -2.30. The molecule has 6 heteroatoms. The van der Waals surface area contributed by atoms with Crippen LogP contribution < -0.4 is 4.90 Å². The molecule has 0 atom stereocenters. The molecule has 2 aromatic heterocycles. The first-order chi connectivity index (χ1) is 10.3. The second kappa shape index (κ2) is 5.97. The van der Waals surface area contributed by atoms with Crippen molar-refractivity contribution >= 4 is 27.9 Å². The maximum Gasteiger partial charge on any atom is 0.260 e. The van der Waals surface area contributed by atoms with Crippen molar-refractivity contribution in [3.8, 4) is 0 Å². The van der Waals surface area contributed by atoms with Gasteiger partial charge in [-0.2, -0.15) is 0 Å². The molecule has 0 fully saturated rings. The van der Waals surface area contributed by atoms with Crippen LogP contribution in [0.2, 0.25) is 0 Å². The van der Waals surface area contributed by atoms with Gasteiger partial charge in [0.2, 0.25) is 5.13 Å². The van der Waals surface area contributed by atoms with Gasteiger partial charge in [0, 0.05) is 24.5 Å². The molecule has 21 heavy (non-hydrogen) atoms. The van der Waals surface area contributed by atoms with Crippen molar-refractivity contribution in [2.75, 3.05) is 11.4 Å². The van der Waals surface area contributed by atoms with Gasteiger partial charge < -0.3 is 0 Å². The summed E-state index contributed by atoms with van der Waals surface area (Å²) in [5, 5.41) is 9.86. The highest BCUT2D eigenvalue weighted by Crippen LogP contribution is 2.30. The SMILES string of the molecule is CCN(C(=O)c1ccncc1)c1nnc(C2=CC=CC2)s1. The van der Waals surface area contributed by atoms with Gasteiger partial charge in [0.25, 0.3) is 5.91 Å². The molecule has 0 bridgehead atoms. The van der Waals surface area contributed by atoms with Crippen LogP contribution in [0.15, 0.2) is 42.8 Å². The number of aromatic nitrogens is 3. The molecule has 1 amide bonds. The van der Waals surface area contributed by atoms with Crippen molar-refractivity contribution in [1.29, 1.82) is 0 Å². The monoisotopic (exact) mass is 298 g/mol. The van der Waals surface area contributed by atoms with E-state index in [0.717, 1.165) is 17.0 Å². The zero-order valence-corrected chi connectivity index (χ0v) is 12.4. The van der Waals surface area contributed by atoms with Crippen molar-refractivity contribution in [3.05, 3.63) is 53.3 Å². The van der Waals surface area contributed by atoms with E-state index in [-0.39, 0.29) is 5.91 Å². The molecule has 1 aliphatic rings. The third-order valence-electron chi connectivity index (χ3n) is 3.18. The zero-order valence-electron chi connectivity index (χ0n) is 11.6. The van der Waals surface area contributed by atoms with Crippen molar-refractivity contribution in [2.24, 2.45) is 0 Å². The van der Waals surface area contributed by atoms with E-state index in [1.807, 2.05) is 19.1 Å². The van der Waals surface area contributed by atoms with E-state index in [4.69, 9.17) is 0 Å². The molecule has 2 aromatic rings. The quantitative estimate of drug-likeness (QED) is 0.870. The molecule has 0 unspecified atom stereocenters. The predicted molar refractivity (Wildman–Crippen MR) is 83.2 cm³/mol. The van der Waals surface area contributed by atoms with E-state index in [9.17, 15) is 4.79 Å². The van der Waals surface area contributed by atoms with Crippen LogP contribution in [0.3, 0.4) is 0 Å². The third-order valence-corrected chi connectivity index (χ3v) is 4.20. The predicted octanol–water partition coefficient (Wildman–Crippen LogP) is 2.94. The summed E-state index contributed by atoms with van der Waals surface area (Å²) in [6.45, 7) is 2.48. The van der Waals surface area contributed by atoms with E-state index in [0.29, 0.717) is 17.2 Å². The number of hydrogen-bond donors (Lipinski definition) is 0. The number of amides is 1. The van der Waals surface area contributed by atoms with Crippen molar-refractivity contribution in [3.63, 3.8) is 0 Å². The number of anilines is 1. The maximum atomic E-state index is 12.5. The zero-order chi connectivity index (χ0) is 14.7. The van der Waals surface area contributed by atoms with Crippen LogP contribution in [0.25, 0.3) is 5.57 Å². The van der Waals surface area contributed by atoms with E-state index in [1.54, 1.807) is 29.4 Å². The van der Waals surface area contributed by atoms with Gasteiger partial charge in [-0.1, -0.05) is 29.6 Å². The second-order valence-corrected chi connectivity index (χ2v) is 5.46. The van der Waals surface area contributed by atoms with E-state index in [2.05, 4.69) is 21.3 Å². The van der Waals surface area contributed by atoms with Crippen LogP contribution in [0.5, 0.6) is 0 Å². The Morgan fingerprint density at radius 3 is 2.81 bits per heavy atom. The van der Waals surface area contributed by atoms with E-state index < -0.39 is 0 Å². The number of carbonyl (C=O) groups is 1. The Kier molecular flexibility index (Phi) is 3.87. The highest BCUT2D eigenvalue weighted by Gasteiger charge is 2.21. The molecule has 3 rings (SSSR count). The normalized spacial score (nSPS) is 13.3. The smallest absolute Gasteiger partial charge is 0.260 e. The van der Waals surface area contributed by atoms with Gasteiger partial charge in [0.05, 0.1) is 0 Å². The van der Waals surface area contributed by atoms with Gasteiger partial charge in [0.15, 0.2) is 0 Å². The highest BCUT2D eigenvalue weighted by atomic mass is 32.1. The summed E-state index contributed by atoms with van der Waals surface area (Å²) in [5.41, 5.74) is 1.75. The van der Waals surface area contributed by atoms with Crippen LogP contribution in [0.1, 0.15) is 28.7 Å². The topological polar surface area (TPSA) is 59.0 Å². The van der Waals surface area contributed by atoms with Crippen LogP contribution in [0, 0.1) is 0 Å². The maximum absolute atomic E-state index is 12.5. The highest BCUT2D eigenvalue weighted by molar-refractivity contribution is 7.16. The van der Waals surface area contributed by atoms with Gasteiger partial charge in [-0.25, -0.2) is 0 Å². The Labute approximate surface area is 126 Å². The molecule has 0 saturated carbocycles. The van der Waals surface area contributed by atoms with Crippen LogP contribution in [0.4, 0.5) is 5.13 Å². The Morgan fingerprint density at radius 2 is 2.14 bits per heavy atom. The lowest BCUT2D eigenvalue weighted by molar-refractivity contribution is 0.0988. The van der Waals surface area contributed by atoms with Crippen molar-refractivity contribution < 1.29 is 4.79 Å². The molecule has 1 aliphatic carbocycles. The fourth-order valence-corrected chi connectivity index (χ4v) is 3.02. The minimum absolute atomic E-state index is 0.0823. The minimum Gasteiger partial charge on any atom is -0.283 e. The van der Waals surface area contributed by atoms with Gasteiger partial charge in [-0.05, 0) is 31.1 Å². The number of rotatable bonds is 4. The van der Waals surface area contributed by atoms with Gasteiger partial charge in [-0.15, -0.1) is 10.2 Å². The molecule has 2 heterocycles. The lowest BCUT2D eigenvalue weighted by Gasteiger charge is -2.16. The van der Waals surface area contributed by atoms with Gasteiger partial charge >= 0.3 is 0 Å². The fourth-order valence-electron chi connectivity index (χ4n) is 2.08. The summed E-state index contributed by atoms with van der Waals surface area (Å²) in [6, 6.07) is 3.41. The van der Waals surface area contributed by atoms with E-state index >= 15 is 0 Å². The Hall–Kier alpha value is -2.34. The molecule has 0 aliphatic heterocycles. The molecule has 5 nitrogen and oxygen atoms in total. The summed E-state index contributed by atoms with van der Waals surface area (Å²) in [5.74, 6) is -0.0823. The summed E-state index contributed by atoms with van der Waals surface area (Å²) in [4.78, 5) is 18.1. The molecule has 0 aromatic carbocycles. The van der Waals surface area contributed by atoms with Crippen LogP contribution in [-0.4, -0.2) is 27.6 Å². The lowest BCUT2D eigenvalue weighted by atomic mass is 10.2. The number of pyridine rings is 1. The molecule has 0 N–H and O–H groups in total. The third kappa shape index (κ3) is 2.75. The molecular weight excluding hydrogens is 284 g/mol. The summed E-state index contributed by atoms with van der Waals surface area (Å²) < 4.78 is 0. The number of carbonyl (C=O) groups excluding carboxylic acids is 1. The van der Waals surface area contributed by atoms with Gasteiger partial charge in [-0.3, -0.25) is 14.7 Å². The first kappa shape index (κ1) is 13.6.